The van der Waals surface area contributed by atoms with Crippen LogP contribution in [0, 0.1) is 0 Å². The first-order valence-electron chi connectivity index (χ1n) is 4.26. The van der Waals surface area contributed by atoms with Crippen molar-refractivity contribution in [1.29, 1.82) is 0 Å². The lowest BCUT2D eigenvalue weighted by Gasteiger charge is -2.16. The van der Waals surface area contributed by atoms with Crippen LogP contribution in [-0.4, -0.2) is 11.1 Å². The van der Waals surface area contributed by atoms with E-state index in [1.54, 1.807) is 0 Å². The van der Waals surface area contributed by atoms with Crippen molar-refractivity contribution in [3.05, 3.63) is 28.8 Å². The molecule has 1 aromatic carbocycles. The summed E-state index contributed by atoms with van der Waals surface area (Å²) in [6.45, 7) is 0. The van der Waals surface area contributed by atoms with Crippen molar-refractivity contribution in [1.82, 2.24) is 0 Å². The first kappa shape index (κ1) is 14.1. The number of carbonyl (C=O) groups is 1. The van der Waals surface area contributed by atoms with E-state index in [1.807, 2.05) is 0 Å². The van der Waals surface area contributed by atoms with Crippen molar-refractivity contribution in [2.45, 2.75) is 12.4 Å². The third-order valence-corrected chi connectivity index (χ3v) is 2.07. The molecule has 0 radical (unpaired) electrons. The number of anilines is 1. The summed E-state index contributed by atoms with van der Waals surface area (Å²) in [7, 11) is 0. The van der Waals surface area contributed by atoms with Gasteiger partial charge < -0.3 is 10.8 Å². The van der Waals surface area contributed by atoms with Crippen molar-refractivity contribution < 1.29 is 36.2 Å². The zero-order chi connectivity index (χ0) is 14.3. The molecule has 0 aromatic heterocycles. The Kier molecular flexibility index (Phi) is 3.20. The molecule has 3 N–H and O–H groups in total. The SMILES string of the molecule is Nc1c(C(F)(F)F)ccc(C(F)(F)F)c1C(=O)O. The molecule has 0 fully saturated rings. The maximum Gasteiger partial charge on any atom is 0.418 e. The molecule has 0 bridgehead atoms. The normalized spacial score (nSPS) is 12.6. The molecule has 0 spiro atoms. The van der Waals surface area contributed by atoms with Gasteiger partial charge in [0.05, 0.1) is 22.4 Å². The monoisotopic (exact) mass is 273 g/mol. The first-order valence-corrected chi connectivity index (χ1v) is 4.26. The van der Waals surface area contributed by atoms with Crippen LogP contribution in [0.4, 0.5) is 32.0 Å². The third-order valence-electron chi connectivity index (χ3n) is 2.07. The fraction of sp³-hybridized carbons (Fsp3) is 0.222. The van der Waals surface area contributed by atoms with E-state index in [-0.39, 0.29) is 12.1 Å². The highest BCUT2D eigenvalue weighted by Gasteiger charge is 2.41. The first-order chi connectivity index (χ1) is 7.96. The second kappa shape index (κ2) is 4.07. The number of alkyl halides is 6. The summed E-state index contributed by atoms with van der Waals surface area (Å²) in [5, 5.41) is 8.55. The van der Waals surface area contributed by atoms with Crippen LogP contribution in [0.5, 0.6) is 0 Å². The Labute approximate surface area is 95.8 Å². The summed E-state index contributed by atoms with van der Waals surface area (Å²) < 4.78 is 74.3. The molecule has 9 heteroatoms. The van der Waals surface area contributed by atoms with Crippen LogP contribution in [-0.2, 0) is 12.4 Å². The summed E-state index contributed by atoms with van der Waals surface area (Å²) in [6.07, 6.45) is -10.1. The van der Waals surface area contributed by atoms with E-state index >= 15 is 0 Å². The third kappa shape index (κ3) is 2.49. The van der Waals surface area contributed by atoms with Crippen LogP contribution in [0.25, 0.3) is 0 Å². The van der Waals surface area contributed by atoms with Gasteiger partial charge in [0.15, 0.2) is 0 Å². The molecular formula is C9H5F6NO2. The highest BCUT2D eigenvalue weighted by Crippen LogP contribution is 2.40. The summed E-state index contributed by atoms with van der Waals surface area (Å²) >= 11 is 0. The molecule has 0 atom stereocenters. The van der Waals surface area contributed by atoms with Gasteiger partial charge in [0, 0.05) is 0 Å². The molecule has 18 heavy (non-hydrogen) atoms. The topological polar surface area (TPSA) is 63.3 Å². The Morgan fingerprint density at radius 1 is 1.00 bits per heavy atom. The lowest BCUT2D eigenvalue weighted by molar-refractivity contribution is -0.141. The lowest BCUT2D eigenvalue weighted by atomic mass is 10.00. The summed E-state index contributed by atoms with van der Waals surface area (Å²) in [5.41, 5.74) is -1.53. The van der Waals surface area contributed by atoms with E-state index < -0.39 is 40.7 Å². The Bertz CT molecular complexity index is 491. The number of halogens is 6. The number of nitrogen functional groups attached to an aromatic ring is 1. The van der Waals surface area contributed by atoms with Gasteiger partial charge >= 0.3 is 18.3 Å². The quantitative estimate of drug-likeness (QED) is 0.610. The van der Waals surface area contributed by atoms with Crippen molar-refractivity contribution >= 4 is 11.7 Å². The molecule has 0 aliphatic heterocycles. The van der Waals surface area contributed by atoms with Gasteiger partial charge in [0.2, 0.25) is 0 Å². The Balaban J connectivity index is 3.64. The van der Waals surface area contributed by atoms with Crippen molar-refractivity contribution in [2.24, 2.45) is 0 Å². The molecule has 1 aromatic rings. The zero-order valence-electron chi connectivity index (χ0n) is 8.36. The number of nitrogens with two attached hydrogens (primary N) is 1. The smallest absolute Gasteiger partial charge is 0.418 e. The van der Waals surface area contributed by atoms with Crippen molar-refractivity contribution in [3.63, 3.8) is 0 Å². The van der Waals surface area contributed by atoms with E-state index in [0.29, 0.717) is 0 Å². The van der Waals surface area contributed by atoms with E-state index in [9.17, 15) is 31.1 Å². The molecule has 0 aliphatic carbocycles. The minimum Gasteiger partial charge on any atom is -0.478 e. The van der Waals surface area contributed by atoms with Gasteiger partial charge in [-0.1, -0.05) is 0 Å². The highest BCUT2D eigenvalue weighted by molar-refractivity contribution is 5.96. The summed E-state index contributed by atoms with van der Waals surface area (Å²) in [6, 6.07) is 0.146. The summed E-state index contributed by atoms with van der Waals surface area (Å²) in [4.78, 5) is 10.6. The van der Waals surface area contributed by atoms with E-state index in [0.717, 1.165) is 0 Å². The number of hydrogen-bond acceptors (Lipinski definition) is 2. The average molecular weight is 273 g/mol. The van der Waals surface area contributed by atoms with Crippen LogP contribution >= 0.6 is 0 Å². The standard InChI is InChI=1S/C9H5F6NO2/c10-8(11,12)3-1-2-4(9(13,14)15)6(16)5(3)7(17)18/h1-2H,16H2,(H,17,18). The number of benzene rings is 1. The van der Waals surface area contributed by atoms with Crippen LogP contribution in [0.15, 0.2) is 12.1 Å². The highest BCUT2D eigenvalue weighted by atomic mass is 19.4. The molecule has 1 rings (SSSR count). The second-order valence-electron chi connectivity index (χ2n) is 3.25. The largest absolute Gasteiger partial charge is 0.478 e. The fourth-order valence-corrected chi connectivity index (χ4v) is 1.33. The Morgan fingerprint density at radius 3 is 1.72 bits per heavy atom. The van der Waals surface area contributed by atoms with Gasteiger partial charge in [-0.25, -0.2) is 4.79 Å². The zero-order valence-corrected chi connectivity index (χ0v) is 8.36. The van der Waals surface area contributed by atoms with Gasteiger partial charge in [0.25, 0.3) is 0 Å². The van der Waals surface area contributed by atoms with E-state index in [4.69, 9.17) is 10.8 Å². The van der Waals surface area contributed by atoms with Crippen LogP contribution in [0.3, 0.4) is 0 Å². The molecule has 100 valence electrons. The predicted molar refractivity (Wildman–Crippen MR) is 47.8 cm³/mol. The van der Waals surface area contributed by atoms with E-state index in [1.165, 1.54) is 0 Å². The minimum atomic E-state index is -5.11. The lowest BCUT2D eigenvalue weighted by Crippen LogP contribution is -2.19. The predicted octanol–water partition coefficient (Wildman–Crippen LogP) is 3.00. The van der Waals surface area contributed by atoms with Gasteiger partial charge in [-0.15, -0.1) is 0 Å². The second-order valence-corrected chi connectivity index (χ2v) is 3.25. The van der Waals surface area contributed by atoms with Crippen molar-refractivity contribution in [3.8, 4) is 0 Å². The number of hydrogen-bond donors (Lipinski definition) is 2. The molecule has 0 heterocycles. The molecule has 0 unspecified atom stereocenters. The Hall–Kier alpha value is -1.93. The number of rotatable bonds is 1. The minimum absolute atomic E-state index is 0.0443. The Morgan fingerprint density at radius 2 is 1.39 bits per heavy atom. The average Bonchev–Trinajstić information content (AvgIpc) is 2.12. The number of carboxylic acid groups (broad SMARTS) is 1. The van der Waals surface area contributed by atoms with Gasteiger partial charge in [-0.3, -0.25) is 0 Å². The number of carboxylic acids is 1. The molecule has 0 aliphatic rings. The fourth-order valence-electron chi connectivity index (χ4n) is 1.33. The number of aromatic carboxylic acids is 1. The maximum absolute atomic E-state index is 12.4. The van der Waals surface area contributed by atoms with Gasteiger partial charge in [-0.05, 0) is 12.1 Å². The van der Waals surface area contributed by atoms with Crippen LogP contribution < -0.4 is 5.73 Å². The molecule has 0 saturated carbocycles. The van der Waals surface area contributed by atoms with Gasteiger partial charge in [0.1, 0.15) is 0 Å². The van der Waals surface area contributed by atoms with Crippen LogP contribution in [0.2, 0.25) is 0 Å². The maximum atomic E-state index is 12.4. The molecule has 3 nitrogen and oxygen atoms in total. The van der Waals surface area contributed by atoms with Crippen LogP contribution in [0.1, 0.15) is 21.5 Å². The molecule has 0 amide bonds. The summed E-state index contributed by atoms with van der Waals surface area (Å²) in [5.74, 6) is -2.18. The molecular weight excluding hydrogens is 268 g/mol. The van der Waals surface area contributed by atoms with E-state index in [2.05, 4.69) is 0 Å². The molecule has 0 saturated heterocycles. The van der Waals surface area contributed by atoms with Gasteiger partial charge in [-0.2, -0.15) is 26.3 Å². The van der Waals surface area contributed by atoms with Crippen molar-refractivity contribution in [2.75, 3.05) is 5.73 Å².